The number of ether oxygens (including phenoxy) is 1. The van der Waals surface area contributed by atoms with Crippen LogP contribution in [0.1, 0.15) is 11.3 Å². The van der Waals surface area contributed by atoms with E-state index in [1.165, 1.54) is 5.56 Å². The molecule has 0 saturated carbocycles. The van der Waals surface area contributed by atoms with Gasteiger partial charge >= 0.3 is 0 Å². The molecule has 2 N–H and O–H groups in total. The number of halogens is 1. The second-order valence-electron chi connectivity index (χ2n) is 5.18. The fraction of sp³-hybridized carbons (Fsp3) is 0.412. The van der Waals surface area contributed by atoms with Crippen LogP contribution in [0.4, 0.5) is 0 Å². The maximum absolute atomic E-state index is 5.55. The number of aliphatic imine (C=N–C) groups is 1. The summed E-state index contributed by atoms with van der Waals surface area (Å²) in [5, 5.41) is 6.40. The zero-order valence-corrected chi connectivity index (χ0v) is 16.7. The Morgan fingerprint density at radius 2 is 1.92 bits per heavy atom. The van der Waals surface area contributed by atoms with Crippen molar-refractivity contribution < 1.29 is 9.15 Å². The Labute approximate surface area is 160 Å². The molecule has 0 spiro atoms. The van der Waals surface area contributed by atoms with Gasteiger partial charge in [0.2, 0.25) is 5.89 Å². The molecule has 0 aliphatic rings. The van der Waals surface area contributed by atoms with Crippen LogP contribution in [0, 0.1) is 6.92 Å². The average Bonchev–Trinajstić information content (AvgIpc) is 3.03. The van der Waals surface area contributed by atoms with Gasteiger partial charge in [-0.3, -0.25) is 4.99 Å². The van der Waals surface area contributed by atoms with Crippen LogP contribution in [0.15, 0.2) is 39.9 Å². The van der Waals surface area contributed by atoms with Crippen LogP contribution in [0.25, 0.3) is 11.5 Å². The van der Waals surface area contributed by atoms with Crippen LogP contribution < -0.4 is 10.6 Å². The van der Waals surface area contributed by atoms with Gasteiger partial charge in [0.05, 0.1) is 12.3 Å². The quantitative estimate of drug-likeness (QED) is 0.298. The minimum absolute atomic E-state index is 0. The standard InChI is InChI=1S/C17H24N4O2.HI/c1-13-4-6-14(7-5-13)16-21-15(12-23-16)8-9-19-17(18-2)20-10-11-22-3;/h4-7,12H,8-11H2,1-3H3,(H2,18,19,20);1H. The molecule has 2 rings (SSSR count). The minimum atomic E-state index is 0. The lowest BCUT2D eigenvalue weighted by molar-refractivity contribution is 0.203. The van der Waals surface area contributed by atoms with Crippen molar-refractivity contribution in [3.8, 4) is 11.5 Å². The fourth-order valence-electron chi connectivity index (χ4n) is 2.05. The number of nitrogens with one attached hydrogen (secondary N) is 2. The van der Waals surface area contributed by atoms with Gasteiger partial charge in [-0.15, -0.1) is 24.0 Å². The minimum Gasteiger partial charge on any atom is -0.444 e. The fourth-order valence-corrected chi connectivity index (χ4v) is 2.05. The van der Waals surface area contributed by atoms with Crippen LogP contribution in [0.3, 0.4) is 0 Å². The Balaban J connectivity index is 0.00000288. The van der Waals surface area contributed by atoms with E-state index in [-0.39, 0.29) is 24.0 Å². The van der Waals surface area contributed by atoms with E-state index in [1.54, 1.807) is 20.4 Å². The van der Waals surface area contributed by atoms with Crippen LogP contribution in [0.2, 0.25) is 0 Å². The second kappa shape index (κ2) is 11.0. The number of guanidine groups is 1. The maximum atomic E-state index is 5.55. The molecule has 0 bridgehead atoms. The Morgan fingerprint density at radius 1 is 1.21 bits per heavy atom. The monoisotopic (exact) mass is 444 g/mol. The smallest absolute Gasteiger partial charge is 0.226 e. The summed E-state index contributed by atoms with van der Waals surface area (Å²) >= 11 is 0. The van der Waals surface area contributed by atoms with Crippen LogP contribution >= 0.6 is 24.0 Å². The largest absolute Gasteiger partial charge is 0.444 e. The van der Waals surface area contributed by atoms with Gasteiger partial charge in [-0.1, -0.05) is 17.7 Å². The van der Waals surface area contributed by atoms with Gasteiger partial charge in [-0.2, -0.15) is 0 Å². The molecule has 1 aromatic heterocycles. The van der Waals surface area contributed by atoms with E-state index in [9.17, 15) is 0 Å². The van der Waals surface area contributed by atoms with Crippen molar-refractivity contribution in [1.29, 1.82) is 0 Å². The van der Waals surface area contributed by atoms with Gasteiger partial charge in [0, 0.05) is 39.2 Å². The van der Waals surface area contributed by atoms with E-state index in [2.05, 4.69) is 39.7 Å². The zero-order valence-electron chi connectivity index (χ0n) is 14.3. The van der Waals surface area contributed by atoms with Crippen molar-refractivity contribution in [1.82, 2.24) is 15.6 Å². The predicted molar refractivity (Wildman–Crippen MR) is 107 cm³/mol. The molecule has 24 heavy (non-hydrogen) atoms. The molecule has 2 aromatic rings. The van der Waals surface area contributed by atoms with Crippen molar-refractivity contribution in [3.05, 3.63) is 41.8 Å². The topological polar surface area (TPSA) is 71.7 Å². The van der Waals surface area contributed by atoms with E-state index in [0.717, 1.165) is 36.7 Å². The van der Waals surface area contributed by atoms with Crippen molar-refractivity contribution >= 4 is 29.9 Å². The Morgan fingerprint density at radius 3 is 2.58 bits per heavy atom. The number of methoxy groups -OCH3 is 1. The molecule has 0 saturated heterocycles. The highest BCUT2D eigenvalue weighted by atomic mass is 127. The van der Waals surface area contributed by atoms with Crippen LogP contribution in [-0.4, -0.2) is 44.8 Å². The number of hydrogen-bond donors (Lipinski definition) is 2. The predicted octanol–water partition coefficient (Wildman–Crippen LogP) is 2.62. The highest BCUT2D eigenvalue weighted by molar-refractivity contribution is 14.0. The molecule has 0 unspecified atom stereocenters. The number of benzene rings is 1. The van der Waals surface area contributed by atoms with Gasteiger partial charge in [-0.05, 0) is 19.1 Å². The molecule has 0 aliphatic carbocycles. The van der Waals surface area contributed by atoms with Gasteiger partial charge in [0.1, 0.15) is 6.26 Å². The normalized spacial score (nSPS) is 11.0. The zero-order chi connectivity index (χ0) is 16.5. The summed E-state index contributed by atoms with van der Waals surface area (Å²) in [5.41, 5.74) is 3.13. The summed E-state index contributed by atoms with van der Waals surface area (Å²) in [6, 6.07) is 8.14. The first kappa shape index (κ1) is 20.4. The first-order chi connectivity index (χ1) is 11.2. The molecular formula is C17H25IN4O2. The van der Waals surface area contributed by atoms with Crippen LogP contribution in [0.5, 0.6) is 0 Å². The molecule has 0 fully saturated rings. The average molecular weight is 444 g/mol. The maximum Gasteiger partial charge on any atom is 0.226 e. The number of aromatic nitrogens is 1. The summed E-state index contributed by atoms with van der Waals surface area (Å²) in [7, 11) is 3.42. The molecular weight excluding hydrogens is 419 g/mol. The van der Waals surface area contributed by atoms with Gasteiger partial charge < -0.3 is 19.8 Å². The third-order valence-corrected chi connectivity index (χ3v) is 3.35. The third-order valence-electron chi connectivity index (χ3n) is 3.35. The molecule has 7 heteroatoms. The molecule has 1 heterocycles. The molecule has 6 nitrogen and oxygen atoms in total. The lowest BCUT2D eigenvalue weighted by Crippen LogP contribution is -2.39. The highest BCUT2D eigenvalue weighted by Crippen LogP contribution is 2.19. The molecule has 0 radical (unpaired) electrons. The van der Waals surface area contributed by atoms with E-state index in [4.69, 9.17) is 9.15 Å². The number of aryl methyl sites for hydroxylation is 1. The van der Waals surface area contributed by atoms with Crippen molar-refractivity contribution in [2.24, 2.45) is 4.99 Å². The van der Waals surface area contributed by atoms with E-state index >= 15 is 0 Å². The van der Waals surface area contributed by atoms with Crippen molar-refractivity contribution in [2.75, 3.05) is 33.9 Å². The van der Waals surface area contributed by atoms with Gasteiger partial charge in [-0.25, -0.2) is 4.98 Å². The Kier molecular flexibility index (Phi) is 9.39. The molecule has 1 aromatic carbocycles. The summed E-state index contributed by atoms with van der Waals surface area (Å²) in [5.74, 6) is 1.41. The number of oxazole rings is 1. The molecule has 0 aliphatic heterocycles. The van der Waals surface area contributed by atoms with Gasteiger partial charge in [0.25, 0.3) is 0 Å². The summed E-state index contributed by atoms with van der Waals surface area (Å²) in [6.45, 7) is 4.15. The summed E-state index contributed by atoms with van der Waals surface area (Å²) < 4.78 is 10.5. The Hall–Kier alpha value is -1.61. The lowest BCUT2D eigenvalue weighted by Gasteiger charge is -2.10. The molecule has 0 amide bonds. The van der Waals surface area contributed by atoms with Gasteiger partial charge in [0.15, 0.2) is 5.96 Å². The summed E-state index contributed by atoms with van der Waals surface area (Å²) in [4.78, 5) is 8.67. The number of nitrogens with zero attached hydrogens (tertiary/aromatic N) is 2. The lowest BCUT2D eigenvalue weighted by atomic mass is 10.1. The van der Waals surface area contributed by atoms with Crippen LogP contribution in [-0.2, 0) is 11.2 Å². The highest BCUT2D eigenvalue weighted by Gasteiger charge is 2.06. The second-order valence-corrected chi connectivity index (χ2v) is 5.18. The Bertz CT molecular complexity index is 626. The third kappa shape index (κ3) is 6.48. The number of hydrogen-bond acceptors (Lipinski definition) is 4. The SMILES string of the molecule is CN=C(NCCOC)NCCc1coc(-c2ccc(C)cc2)n1.I. The first-order valence-corrected chi connectivity index (χ1v) is 7.68. The number of rotatable bonds is 7. The van der Waals surface area contributed by atoms with E-state index in [1.807, 2.05) is 12.1 Å². The van der Waals surface area contributed by atoms with Crippen molar-refractivity contribution in [3.63, 3.8) is 0 Å². The molecule has 0 atom stereocenters. The molecule has 132 valence electrons. The van der Waals surface area contributed by atoms with Crippen molar-refractivity contribution in [2.45, 2.75) is 13.3 Å². The van der Waals surface area contributed by atoms with E-state index < -0.39 is 0 Å². The van der Waals surface area contributed by atoms with E-state index in [0.29, 0.717) is 12.5 Å². The summed E-state index contributed by atoms with van der Waals surface area (Å²) in [6.07, 6.45) is 2.47. The first-order valence-electron chi connectivity index (χ1n) is 7.68.